The number of nitrogens with one attached hydrogen (secondary N) is 1. The first-order chi connectivity index (χ1) is 10.6. The molecule has 2 nitrogen and oxygen atoms in total. The number of benzene rings is 2. The van der Waals surface area contributed by atoms with Crippen LogP contribution in [0.1, 0.15) is 50.5 Å². The summed E-state index contributed by atoms with van der Waals surface area (Å²) in [7, 11) is 0. The highest BCUT2D eigenvalue weighted by Crippen LogP contribution is 2.29. The fraction of sp³-hybridized carbons (Fsp3) is 0.400. The van der Waals surface area contributed by atoms with Crippen molar-refractivity contribution in [2.45, 2.75) is 45.4 Å². The topological polar surface area (TPSA) is 32.3 Å². The molecule has 0 aliphatic carbocycles. The molecule has 22 heavy (non-hydrogen) atoms. The molecule has 0 bridgehead atoms. The zero-order chi connectivity index (χ0) is 15.9. The summed E-state index contributed by atoms with van der Waals surface area (Å²) in [6.07, 6.45) is 0.531. The Morgan fingerprint density at radius 1 is 0.818 bits per heavy atom. The van der Waals surface area contributed by atoms with E-state index < -0.39 is 6.10 Å². The zero-order valence-electron chi connectivity index (χ0n) is 13.7. The Kier molecular flexibility index (Phi) is 6.17. The standard InChI is InChI=1S/C20H27NO/c1-15(2)14-16(3)21-19(17-10-6-4-7-11-17)20(22)18-12-8-5-9-13-18/h4-13,15-16,19-22H,14H2,1-3H3/t16?,19-,20+/m0/s1. The van der Waals surface area contributed by atoms with Crippen LogP contribution in [0.15, 0.2) is 60.7 Å². The predicted octanol–water partition coefficient (Wildman–Crippen LogP) is 4.49. The maximum absolute atomic E-state index is 10.9. The first kappa shape index (κ1) is 16.7. The Labute approximate surface area is 134 Å². The van der Waals surface area contributed by atoms with Gasteiger partial charge >= 0.3 is 0 Å². The van der Waals surface area contributed by atoms with Gasteiger partial charge in [-0.25, -0.2) is 0 Å². The Bertz CT molecular complexity index is 538. The molecule has 0 fully saturated rings. The van der Waals surface area contributed by atoms with Crippen LogP contribution in [0.2, 0.25) is 0 Å². The van der Waals surface area contributed by atoms with Crippen LogP contribution in [0.25, 0.3) is 0 Å². The van der Waals surface area contributed by atoms with Gasteiger partial charge in [0, 0.05) is 6.04 Å². The van der Waals surface area contributed by atoms with Crippen molar-refractivity contribution in [3.05, 3.63) is 71.8 Å². The minimum Gasteiger partial charge on any atom is -0.386 e. The quantitative estimate of drug-likeness (QED) is 0.789. The van der Waals surface area contributed by atoms with E-state index in [-0.39, 0.29) is 6.04 Å². The lowest BCUT2D eigenvalue weighted by Crippen LogP contribution is -2.35. The van der Waals surface area contributed by atoms with Crippen molar-refractivity contribution < 1.29 is 5.11 Å². The van der Waals surface area contributed by atoms with E-state index in [1.807, 2.05) is 48.5 Å². The van der Waals surface area contributed by atoms with Crippen LogP contribution >= 0.6 is 0 Å². The molecule has 0 spiro atoms. The van der Waals surface area contributed by atoms with Crippen LogP contribution in [-0.2, 0) is 0 Å². The molecule has 0 aliphatic heterocycles. The van der Waals surface area contributed by atoms with E-state index in [2.05, 4.69) is 38.2 Å². The Hall–Kier alpha value is -1.64. The smallest absolute Gasteiger partial charge is 0.0984 e. The van der Waals surface area contributed by atoms with Gasteiger partial charge in [-0.15, -0.1) is 0 Å². The minimum atomic E-state index is -0.557. The first-order valence-electron chi connectivity index (χ1n) is 8.12. The van der Waals surface area contributed by atoms with Crippen LogP contribution in [0.4, 0.5) is 0 Å². The lowest BCUT2D eigenvalue weighted by molar-refractivity contribution is 0.120. The second-order valence-electron chi connectivity index (χ2n) is 6.44. The second kappa shape index (κ2) is 8.11. The van der Waals surface area contributed by atoms with Crippen molar-refractivity contribution in [2.75, 3.05) is 0 Å². The highest BCUT2D eigenvalue weighted by Gasteiger charge is 2.24. The van der Waals surface area contributed by atoms with Gasteiger partial charge in [0.2, 0.25) is 0 Å². The molecule has 0 radical (unpaired) electrons. The molecule has 0 aliphatic rings. The van der Waals surface area contributed by atoms with Crippen molar-refractivity contribution in [1.29, 1.82) is 0 Å². The average molecular weight is 297 g/mol. The van der Waals surface area contributed by atoms with Gasteiger partial charge in [0.05, 0.1) is 12.1 Å². The van der Waals surface area contributed by atoms with Gasteiger partial charge < -0.3 is 10.4 Å². The summed E-state index contributed by atoms with van der Waals surface area (Å²) in [6, 6.07) is 20.3. The lowest BCUT2D eigenvalue weighted by Gasteiger charge is -2.29. The molecule has 2 aromatic rings. The molecule has 2 N–H and O–H groups in total. The maximum Gasteiger partial charge on any atom is 0.0984 e. The zero-order valence-corrected chi connectivity index (χ0v) is 13.7. The Morgan fingerprint density at radius 3 is 1.82 bits per heavy atom. The summed E-state index contributed by atoms with van der Waals surface area (Å²) in [5.74, 6) is 0.632. The monoisotopic (exact) mass is 297 g/mol. The van der Waals surface area contributed by atoms with Crippen molar-refractivity contribution in [3.8, 4) is 0 Å². The van der Waals surface area contributed by atoms with E-state index >= 15 is 0 Å². The third kappa shape index (κ3) is 4.69. The van der Waals surface area contributed by atoms with E-state index in [0.717, 1.165) is 17.5 Å². The summed E-state index contributed by atoms with van der Waals surface area (Å²) in [4.78, 5) is 0. The lowest BCUT2D eigenvalue weighted by atomic mass is 9.94. The van der Waals surface area contributed by atoms with Crippen molar-refractivity contribution in [3.63, 3.8) is 0 Å². The number of hydrogen-bond acceptors (Lipinski definition) is 2. The second-order valence-corrected chi connectivity index (χ2v) is 6.44. The maximum atomic E-state index is 10.9. The fourth-order valence-electron chi connectivity index (χ4n) is 2.95. The Balaban J connectivity index is 2.22. The predicted molar refractivity (Wildman–Crippen MR) is 92.6 cm³/mol. The van der Waals surface area contributed by atoms with E-state index in [1.54, 1.807) is 0 Å². The van der Waals surface area contributed by atoms with E-state index in [1.165, 1.54) is 0 Å². The average Bonchev–Trinajstić information content (AvgIpc) is 2.53. The summed E-state index contributed by atoms with van der Waals surface area (Å²) >= 11 is 0. The molecule has 2 rings (SSSR count). The van der Waals surface area contributed by atoms with Crippen LogP contribution in [0.5, 0.6) is 0 Å². The molecule has 1 unspecified atom stereocenters. The molecule has 0 amide bonds. The first-order valence-corrected chi connectivity index (χ1v) is 8.12. The Morgan fingerprint density at radius 2 is 1.32 bits per heavy atom. The molecule has 0 saturated carbocycles. The van der Waals surface area contributed by atoms with Gasteiger partial charge in [-0.2, -0.15) is 0 Å². The summed E-state index contributed by atoms with van der Waals surface area (Å²) < 4.78 is 0. The van der Waals surface area contributed by atoms with Gasteiger partial charge in [-0.1, -0.05) is 74.5 Å². The molecule has 2 heteroatoms. The molecular formula is C20H27NO. The molecule has 118 valence electrons. The summed E-state index contributed by atoms with van der Waals surface area (Å²) in [6.45, 7) is 6.64. The highest BCUT2D eigenvalue weighted by molar-refractivity contribution is 5.26. The van der Waals surface area contributed by atoms with Gasteiger partial charge in [0.1, 0.15) is 0 Å². The minimum absolute atomic E-state index is 0.0997. The van der Waals surface area contributed by atoms with Crippen LogP contribution in [0, 0.1) is 5.92 Å². The van der Waals surface area contributed by atoms with Crippen molar-refractivity contribution >= 4 is 0 Å². The van der Waals surface area contributed by atoms with Gasteiger partial charge in [-0.05, 0) is 30.4 Å². The molecule has 0 saturated heterocycles. The van der Waals surface area contributed by atoms with E-state index in [9.17, 15) is 5.11 Å². The molecule has 0 heterocycles. The van der Waals surface area contributed by atoms with Crippen molar-refractivity contribution in [2.24, 2.45) is 5.92 Å². The normalized spacial score (nSPS) is 15.5. The summed E-state index contributed by atoms with van der Waals surface area (Å²) in [5.41, 5.74) is 2.06. The number of hydrogen-bond donors (Lipinski definition) is 2. The third-order valence-electron chi connectivity index (χ3n) is 3.90. The SMILES string of the molecule is CC(C)CC(C)N[C@@H](c1ccccc1)[C@H](O)c1ccccc1. The highest BCUT2D eigenvalue weighted by atomic mass is 16.3. The van der Waals surface area contributed by atoms with E-state index in [4.69, 9.17) is 0 Å². The summed E-state index contributed by atoms with van der Waals surface area (Å²) in [5, 5.41) is 14.5. The largest absolute Gasteiger partial charge is 0.386 e. The fourth-order valence-corrected chi connectivity index (χ4v) is 2.95. The number of aliphatic hydroxyl groups excluding tert-OH is 1. The van der Waals surface area contributed by atoms with Gasteiger partial charge in [-0.3, -0.25) is 0 Å². The third-order valence-corrected chi connectivity index (χ3v) is 3.90. The molecule has 2 aromatic carbocycles. The number of rotatable bonds is 7. The van der Waals surface area contributed by atoms with Gasteiger partial charge in [0.25, 0.3) is 0 Å². The number of aliphatic hydroxyl groups is 1. The van der Waals surface area contributed by atoms with E-state index in [0.29, 0.717) is 12.0 Å². The van der Waals surface area contributed by atoms with Gasteiger partial charge in [0.15, 0.2) is 0 Å². The van der Waals surface area contributed by atoms with Crippen LogP contribution in [-0.4, -0.2) is 11.1 Å². The molecular weight excluding hydrogens is 270 g/mol. The molecule has 0 aromatic heterocycles. The van der Waals surface area contributed by atoms with Crippen LogP contribution < -0.4 is 5.32 Å². The van der Waals surface area contributed by atoms with Crippen LogP contribution in [0.3, 0.4) is 0 Å². The molecule has 3 atom stereocenters. The van der Waals surface area contributed by atoms with Crippen molar-refractivity contribution in [1.82, 2.24) is 5.32 Å².